The number of aliphatic hydroxyl groups is 1. The minimum atomic E-state index is -1.42. The number of pyridine rings is 1. The Hall–Kier alpha value is -3.96. The smallest absolute Gasteiger partial charge is 0.270 e. The van der Waals surface area contributed by atoms with Gasteiger partial charge in [-0.1, -0.05) is 24.0 Å². The normalized spacial score (nSPS) is 19.5. The third-order valence-corrected chi connectivity index (χ3v) is 6.41. The molecule has 6 rings (SSSR count). The Morgan fingerprint density at radius 1 is 1.27 bits per heavy atom. The molecule has 4 heterocycles. The summed E-state index contributed by atoms with van der Waals surface area (Å²) in [5.74, 6) is 5.70. The van der Waals surface area contributed by atoms with Crippen LogP contribution in [-0.2, 0) is 5.60 Å². The second kappa shape index (κ2) is 7.57. The van der Waals surface area contributed by atoms with Crippen LogP contribution >= 0.6 is 0 Å². The molecule has 4 N–H and O–H groups in total. The zero-order chi connectivity index (χ0) is 23.3. The maximum absolute atomic E-state index is 12.6. The quantitative estimate of drug-likeness (QED) is 0.537. The summed E-state index contributed by atoms with van der Waals surface area (Å²) in [6.07, 6.45) is 3.33. The number of primary amides is 1. The number of nitrogens with zero attached hydrogens (tertiary/aromatic N) is 3. The summed E-state index contributed by atoms with van der Waals surface area (Å²) >= 11 is 0. The highest BCUT2D eigenvalue weighted by atomic mass is 16.3. The fourth-order valence-electron chi connectivity index (χ4n) is 4.63. The van der Waals surface area contributed by atoms with Crippen LogP contribution in [0.3, 0.4) is 0 Å². The summed E-state index contributed by atoms with van der Waals surface area (Å²) < 4.78 is 1.85. The number of rotatable bonds is 3. The van der Waals surface area contributed by atoms with Gasteiger partial charge in [0.25, 0.3) is 11.8 Å². The number of aromatic nitrogens is 3. The summed E-state index contributed by atoms with van der Waals surface area (Å²) in [6, 6.07) is 11.2. The minimum absolute atomic E-state index is 0.0322. The van der Waals surface area contributed by atoms with Gasteiger partial charge in [-0.25, -0.2) is 4.98 Å². The van der Waals surface area contributed by atoms with Crippen molar-refractivity contribution in [1.29, 1.82) is 0 Å². The van der Waals surface area contributed by atoms with Crippen molar-refractivity contribution < 1.29 is 14.7 Å². The van der Waals surface area contributed by atoms with Crippen LogP contribution in [0.15, 0.2) is 42.6 Å². The number of nitrogens with two attached hydrogens (primary N) is 1. The molecule has 0 unspecified atom stereocenters. The van der Waals surface area contributed by atoms with E-state index in [1.165, 1.54) is 7.05 Å². The number of benzene rings is 1. The summed E-state index contributed by atoms with van der Waals surface area (Å²) in [5, 5.41) is 13.4. The van der Waals surface area contributed by atoms with Gasteiger partial charge in [-0.3, -0.25) is 14.6 Å². The molecular formula is C25H23N5O3. The van der Waals surface area contributed by atoms with Crippen molar-refractivity contribution in [2.24, 2.45) is 5.73 Å². The van der Waals surface area contributed by atoms with E-state index in [2.05, 4.69) is 27.1 Å². The van der Waals surface area contributed by atoms with Crippen molar-refractivity contribution in [3.63, 3.8) is 0 Å². The molecule has 2 amide bonds. The van der Waals surface area contributed by atoms with Gasteiger partial charge in [-0.2, -0.15) is 0 Å². The summed E-state index contributed by atoms with van der Waals surface area (Å²) in [5.41, 5.74) is 7.39. The van der Waals surface area contributed by atoms with E-state index >= 15 is 0 Å². The Kier molecular flexibility index (Phi) is 4.80. The van der Waals surface area contributed by atoms with Crippen LogP contribution in [0, 0.1) is 11.8 Å². The van der Waals surface area contributed by atoms with Crippen LogP contribution in [0.2, 0.25) is 0 Å². The lowest BCUT2D eigenvalue weighted by Gasteiger charge is -2.35. The first-order chi connectivity index (χ1) is 15.8. The predicted molar refractivity (Wildman–Crippen MR) is 121 cm³/mol. The van der Waals surface area contributed by atoms with E-state index < -0.39 is 17.4 Å². The van der Waals surface area contributed by atoms with Gasteiger partial charge in [0, 0.05) is 30.4 Å². The maximum atomic E-state index is 12.6. The molecule has 1 saturated carbocycles. The summed E-state index contributed by atoms with van der Waals surface area (Å²) in [7, 11) is 1.52. The Balaban J connectivity index is 1.63. The second-order valence-electron chi connectivity index (χ2n) is 8.61. The van der Waals surface area contributed by atoms with Crippen molar-refractivity contribution >= 4 is 11.8 Å². The number of hydrogen-bond donors (Lipinski definition) is 3. The van der Waals surface area contributed by atoms with Crippen LogP contribution in [0.4, 0.5) is 0 Å². The van der Waals surface area contributed by atoms with E-state index in [1.54, 1.807) is 31.3 Å². The largest absolute Gasteiger partial charge is 0.372 e. The van der Waals surface area contributed by atoms with Gasteiger partial charge in [-0.05, 0) is 55.5 Å². The van der Waals surface area contributed by atoms with E-state index in [0.717, 1.165) is 24.0 Å². The van der Waals surface area contributed by atoms with Gasteiger partial charge in [0.1, 0.15) is 11.5 Å². The molecule has 0 radical (unpaired) electrons. The van der Waals surface area contributed by atoms with Gasteiger partial charge in [0.2, 0.25) is 0 Å². The Labute approximate surface area is 190 Å². The highest BCUT2D eigenvalue weighted by molar-refractivity contribution is 6.05. The van der Waals surface area contributed by atoms with Crippen LogP contribution in [0.5, 0.6) is 0 Å². The molecule has 0 spiro atoms. The molecule has 2 bridgehead atoms. The second-order valence-corrected chi connectivity index (χ2v) is 8.61. The van der Waals surface area contributed by atoms with Crippen molar-refractivity contribution in [2.45, 2.75) is 37.3 Å². The van der Waals surface area contributed by atoms with Gasteiger partial charge in [0.05, 0.1) is 5.69 Å². The fourth-order valence-corrected chi connectivity index (χ4v) is 4.63. The number of imidazole rings is 1. The SMILES string of the molecule is CNC(=O)c1c(C(N)=O)nc2n1C1CC(C1)c1ccc(C#C[C@@](C)(O)c3ccccn3)cc1-2. The van der Waals surface area contributed by atoms with Gasteiger partial charge >= 0.3 is 0 Å². The highest BCUT2D eigenvalue weighted by Gasteiger charge is 2.42. The maximum Gasteiger partial charge on any atom is 0.270 e. The Morgan fingerprint density at radius 3 is 2.73 bits per heavy atom. The molecule has 2 aromatic heterocycles. The molecule has 1 atom stereocenters. The molecule has 1 aliphatic carbocycles. The highest BCUT2D eigenvalue weighted by Crippen LogP contribution is 2.52. The topological polar surface area (TPSA) is 123 Å². The molecule has 3 aromatic rings. The van der Waals surface area contributed by atoms with Crippen LogP contribution in [-0.4, -0.2) is 38.5 Å². The standard InChI is InChI=1S/C25H23N5O3/c1-25(33,19-5-3-4-10-28-19)9-8-14-6-7-17-15-12-16(13-15)30-21(24(32)27-2)20(22(26)31)29-23(30)18(17)11-14/h3-7,10-11,15-16,33H,12-13H2,1-2H3,(H2,26,31)(H,27,32)/t15?,16?,25-/m1/s1. The third-order valence-electron chi connectivity index (χ3n) is 6.41. The molecular weight excluding hydrogens is 418 g/mol. The average molecular weight is 441 g/mol. The molecule has 3 aliphatic rings. The number of amides is 2. The molecule has 1 aromatic carbocycles. The van der Waals surface area contributed by atoms with E-state index in [9.17, 15) is 14.7 Å². The zero-order valence-corrected chi connectivity index (χ0v) is 18.3. The number of hydrogen-bond acceptors (Lipinski definition) is 5. The van der Waals surface area contributed by atoms with Gasteiger partial charge < -0.3 is 20.7 Å². The molecule has 2 aliphatic heterocycles. The van der Waals surface area contributed by atoms with Crippen LogP contribution in [0.25, 0.3) is 11.4 Å². The van der Waals surface area contributed by atoms with Crippen molar-refractivity contribution in [3.8, 4) is 23.2 Å². The van der Waals surface area contributed by atoms with Crippen molar-refractivity contribution in [1.82, 2.24) is 19.9 Å². The summed E-state index contributed by atoms with van der Waals surface area (Å²) in [4.78, 5) is 33.5. The van der Waals surface area contributed by atoms with Crippen molar-refractivity contribution in [3.05, 3.63) is 70.8 Å². The van der Waals surface area contributed by atoms with Gasteiger partial charge in [-0.15, -0.1) is 0 Å². The molecule has 33 heavy (non-hydrogen) atoms. The average Bonchev–Trinajstić information content (AvgIpc) is 3.06. The summed E-state index contributed by atoms with van der Waals surface area (Å²) in [6.45, 7) is 1.60. The number of nitrogens with one attached hydrogen (secondary N) is 1. The lowest BCUT2D eigenvalue weighted by atomic mass is 9.75. The predicted octanol–water partition coefficient (Wildman–Crippen LogP) is 2.09. The van der Waals surface area contributed by atoms with Crippen LogP contribution in [0.1, 0.15) is 69.5 Å². The van der Waals surface area contributed by atoms with E-state index in [0.29, 0.717) is 23.0 Å². The molecule has 8 nitrogen and oxygen atoms in total. The third kappa shape index (κ3) is 3.38. The monoisotopic (exact) mass is 441 g/mol. The number of carbonyl (C=O) groups is 2. The molecule has 166 valence electrons. The first kappa shape index (κ1) is 20.9. The van der Waals surface area contributed by atoms with Crippen molar-refractivity contribution in [2.75, 3.05) is 7.05 Å². The minimum Gasteiger partial charge on any atom is -0.372 e. The Morgan fingerprint density at radius 2 is 2.06 bits per heavy atom. The molecule has 0 saturated heterocycles. The lowest BCUT2D eigenvalue weighted by molar-refractivity contribution is 0.0928. The first-order valence-corrected chi connectivity index (χ1v) is 10.8. The van der Waals surface area contributed by atoms with E-state index in [-0.39, 0.29) is 17.4 Å². The lowest BCUT2D eigenvalue weighted by Crippen LogP contribution is -2.30. The van der Waals surface area contributed by atoms with Gasteiger partial charge in [0.15, 0.2) is 11.3 Å². The van der Waals surface area contributed by atoms with E-state index in [4.69, 9.17) is 5.73 Å². The number of carbonyl (C=O) groups excluding carboxylic acids is 2. The molecule has 1 fully saturated rings. The first-order valence-electron chi connectivity index (χ1n) is 10.8. The van der Waals surface area contributed by atoms with Crippen LogP contribution < -0.4 is 11.1 Å². The van der Waals surface area contributed by atoms with E-state index in [1.807, 2.05) is 22.8 Å². The molecule has 8 heteroatoms. The zero-order valence-electron chi connectivity index (χ0n) is 18.3. The Bertz CT molecular complexity index is 1340. The fraction of sp³-hybridized carbons (Fsp3) is 0.280.